The molecule has 2 aromatic rings. The van der Waals surface area contributed by atoms with Gasteiger partial charge in [-0.2, -0.15) is 0 Å². The molecule has 0 unspecified atom stereocenters. The monoisotopic (exact) mass is 316 g/mol. The average molecular weight is 316 g/mol. The van der Waals surface area contributed by atoms with Gasteiger partial charge in [0.05, 0.1) is 24.4 Å². The molecule has 0 aliphatic carbocycles. The maximum atomic E-state index is 12.3. The molecular weight excluding hydrogens is 292 g/mol. The molecule has 5 nitrogen and oxygen atoms in total. The van der Waals surface area contributed by atoms with Crippen LogP contribution in [-0.4, -0.2) is 37.3 Å². The van der Waals surface area contributed by atoms with E-state index in [9.17, 15) is 4.79 Å². The summed E-state index contributed by atoms with van der Waals surface area (Å²) >= 11 is 0. The van der Waals surface area contributed by atoms with E-state index in [1.807, 2.05) is 25.1 Å². The highest BCUT2D eigenvalue weighted by Crippen LogP contribution is 2.32. The van der Waals surface area contributed by atoms with Gasteiger partial charge in [0.25, 0.3) is 0 Å². The van der Waals surface area contributed by atoms with Crippen LogP contribution < -0.4 is 9.64 Å². The lowest BCUT2D eigenvalue weighted by Crippen LogP contribution is -2.25. The van der Waals surface area contributed by atoms with Gasteiger partial charge in [0.15, 0.2) is 0 Å². The van der Waals surface area contributed by atoms with Crippen molar-refractivity contribution in [3.8, 4) is 5.75 Å². The number of aromatic nitrogens is 1. The van der Waals surface area contributed by atoms with Crippen LogP contribution in [0.3, 0.4) is 0 Å². The van der Waals surface area contributed by atoms with Crippen molar-refractivity contribution in [3.05, 3.63) is 30.0 Å². The second kappa shape index (κ2) is 7.81. The van der Waals surface area contributed by atoms with Crippen molar-refractivity contribution in [2.45, 2.75) is 27.7 Å². The fourth-order valence-corrected chi connectivity index (χ4v) is 2.65. The Labute approximate surface area is 137 Å². The van der Waals surface area contributed by atoms with Crippen molar-refractivity contribution in [2.24, 2.45) is 0 Å². The number of benzene rings is 1. The van der Waals surface area contributed by atoms with Gasteiger partial charge >= 0.3 is 5.97 Å². The highest BCUT2D eigenvalue weighted by molar-refractivity contribution is 6.05. The highest BCUT2D eigenvalue weighted by Gasteiger charge is 2.20. The van der Waals surface area contributed by atoms with E-state index >= 15 is 0 Å². The van der Waals surface area contributed by atoms with E-state index in [0.717, 1.165) is 35.4 Å². The smallest absolute Gasteiger partial charge is 0.341 e. The summed E-state index contributed by atoms with van der Waals surface area (Å²) in [4.78, 5) is 18.9. The molecular formula is C18H24N2O3. The summed E-state index contributed by atoms with van der Waals surface area (Å²) in [6.45, 7) is 10.4. The summed E-state index contributed by atoms with van der Waals surface area (Å²) in [6, 6.07) is 5.78. The first-order valence-electron chi connectivity index (χ1n) is 8.13. The van der Waals surface area contributed by atoms with Crippen LogP contribution in [0.15, 0.2) is 24.4 Å². The van der Waals surface area contributed by atoms with Crippen molar-refractivity contribution >= 4 is 22.6 Å². The fourth-order valence-electron chi connectivity index (χ4n) is 2.65. The molecule has 0 saturated carbocycles. The standard InChI is InChI=1S/C18H24N2O3/c1-5-20(6-2)17-14-10-9-13(22-7-3)11-16(14)19-12-15(17)18(21)23-8-4/h9-12H,5-8H2,1-4H3. The number of hydrogen-bond acceptors (Lipinski definition) is 5. The molecule has 5 heteroatoms. The number of nitrogens with zero attached hydrogens (tertiary/aromatic N) is 2. The van der Waals surface area contributed by atoms with Crippen LogP contribution in [0.1, 0.15) is 38.1 Å². The molecule has 124 valence electrons. The van der Waals surface area contributed by atoms with E-state index in [0.29, 0.717) is 18.8 Å². The third kappa shape index (κ3) is 3.55. The Balaban J connectivity index is 2.64. The van der Waals surface area contributed by atoms with Gasteiger partial charge < -0.3 is 14.4 Å². The third-order valence-electron chi connectivity index (χ3n) is 3.70. The molecule has 0 spiro atoms. The zero-order chi connectivity index (χ0) is 16.8. The molecule has 0 aliphatic rings. The van der Waals surface area contributed by atoms with E-state index in [2.05, 4.69) is 23.7 Å². The molecule has 0 aliphatic heterocycles. The molecule has 23 heavy (non-hydrogen) atoms. The third-order valence-corrected chi connectivity index (χ3v) is 3.70. The van der Waals surface area contributed by atoms with Crippen LogP contribution in [-0.2, 0) is 4.74 Å². The molecule has 0 amide bonds. The molecule has 0 bridgehead atoms. The molecule has 0 fully saturated rings. The zero-order valence-corrected chi connectivity index (χ0v) is 14.3. The molecule has 1 aromatic heterocycles. The molecule has 0 saturated heterocycles. The predicted molar refractivity (Wildman–Crippen MR) is 92.4 cm³/mol. The van der Waals surface area contributed by atoms with E-state index in [-0.39, 0.29) is 5.97 Å². The van der Waals surface area contributed by atoms with Crippen LogP contribution in [0, 0.1) is 0 Å². The Morgan fingerprint density at radius 1 is 1.13 bits per heavy atom. The van der Waals surface area contributed by atoms with Crippen molar-refractivity contribution in [3.63, 3.8) is 0 Å². The normalized spacial score (nSPS) is 10.6. The van der Waals surface area contributed by atoms with Gasteiger partial charge in [-0.15, -0.1) is 0 Å². The minimum atomic E-state index is -0.335. The number of esters is 1. The number of carbonyl (C=O) groups is 1. The van der Waals surface area contributed by atoms with Crippen molar-refractivity contribution in [1.29, 1.82) is 0 Å². The van der Waals surface area contributed by atoms with Crippen LogP contribution in [0.4, 0.5) is 5.69 Å². The summed E-state index contributed by atoms with van der Waals surface area (Å²) in [5.41, 5.74) is 2.19. The summed E-state index contributed by atoms with van der Waals surface area (Å²) in [5.74, 6) is 0.444. The Hall–Kier alpha value is -2.30. The minimum Gasteiger partial charge on any atom is -0.494 e. The first kappa shape index (κ1) is 17.1. The number of ether oxygens (including phenoxy) is 2. The first-order valence-corrected chi connectivity index (χ1v) is 8.13. The fraction of sp³-hybridized carbons (Fsp3) is 0.444. The van der Waals surface area contributed by atoms with Crippen LogP contribution in [0.5, 0.6) is 5.75 Å². The van der Waals surface area contributed by atoms with Crippen LogP contribution >= 0.6 is 0 Å². The Bertz CT molecular complexity index is 681. The first-order chi connectivity index (χ1) is 11.2. The average Bonchev–Trinajstić information content (AvgIpc) is 2.56. The van der Waals surface area contributed by atoms with Crippen molar-refractivity contribution < 1.29 is 14.3 Å². The maximum Gasteiger partial charge on any atom is 0.341 e. The quantitative estimate of drug-likeness (QED) is 0.730. The van der Waals surface area contributed by atoms with Gasteiger partial charge in [-0.25, -0.2) is 4.79 Å². The summed E-state index contributed by atoms with van der Waals surface area (Å²) in [7, 11) is 0. The molecule has 0 atom stereocenters. The number of carbonyl (C=O) groups excluding carboxylic acids is 1. The minimum absolute atomic E-state index is 0.335. The Morgan fingerprint density at radius 3 is 2.48 bits per heavy atom. The van der Waals surface area contributed by atoms with Gasteiger partial charge in [0.2, 0.25) is 0 Å². The van der Waals surface area contributed by atoms with E-state index in [1.54, 1.807) is 13.1 Å². The van der Waals surface area contributed by atoms with Gasteiger partial charge in [-0.3, -0.25) is 4.98 Å². The molecule has 2 rings (SSSR count). The zero-order valence-electron chi connectivity index (χ0n) is 14.3. The van der Waals surface area contributed by atoms with E-state index in [4.69, 9.17) is 9.47 Å². The second-order valence-electron chi connectivity index (χ2n) is 5.03. The number of hydrogen-bond donors (Lipinski definition) is 0. The predicted octanol–water partition coefficient (Wildman–Crippen LogP) is 3.66. The highest BCUT2D eigenvalue weighted by atomic mass is 16.5. The molecule has 1 heterocycles. The summed E-state index contributed by atoms with van der Waals surface area (Å²) in [6.07, 6.45) is 1.60. The molecule has 0 N–H and O–H groups in total. The maximum absolute atomic E-state index is 12.3. The summed E-state index contributed by atoms with van der Waals surface area (Å²) < 4.78 is 10.7. The van der Waals surface area contributed by atoms with E-state index in [1.165, 1.54) is 0 Å². The van der Waals surface area contributed by atoms with Crippen molar-refractivity contribution in [2.75, 3.05) is 31.2 Å². The number of rotatable bonds is 7. The Kier molecular flexibility index (Phi) is 5.79. The lowest BCUT2D eigenvalue weighted by molar-refractivity contribution is 0.0527. The molecule has 0 radical (unpaired) electrons. The van der Waals surface area contributed by atoms with Gasteiger partial charge in [0, 0.05) is 30.7 Å². The number of fused-ring (bicyclic) bond motifs is 1. The van der Waals surface area contributed by atoms with Gasteiger partial charge in [-0.1, -0.05) is 0 Å². The number of anilines is 1. The SMILES string of the molecule is CCOC(=O)c1cnc2cc(OCC)ccc2c1N(CC)CC. The van der Waals surface area contributed by atoms with Gasteiger partial charge in [0.1, 0.15) is 11.3 Å². The van der Waals surface area contributed by atoms with Crippen molar-refractivity contribution in [1.82, 2.24) is 4.98 Å². The van der Waals surface area contributed by atoms with Crippen LogP contribution in [0.2, 0.25) is 0 Å². The van der Waals surface area contributed by atoms with Gasteiger partial charge in [-0.05, 0) is 39.8 Å². The summed E-state index contributed by atoms with van der Waals surface area (Å²) in [5, 5.41) is 0.933. The topological polar surface area (TPSA) is 51.7 Å². The second-order valence-corrected chi connectivity index (χ2v) is 5.03. The largest absolute Gasteiger partial charge is 0.494 e. The van der Waals surface area contributed by atoms with E-state index < -0.39 is 0 Å². The van der Waals surface area contributed by atoms with Crippen LogP contribution in [0.25, 0.3) is 10.9 Å². The lowest BCUT2D eigenvalue weighted by atomic mass is 10.1. The molecule has 1 aromatic carbocycles. The number of pyridine rings is 1. The Morgan fingerprint density at radius 2 is 1.87 bits per heavy atom. The lowest BCUT2D eigenvalue weighted by Gasteiger charge is -2.25.